The number of esters is 1. The molecule has 3 atom stereocenters. The van der Waals surface area contributed by atoms with Crippen molar-refractivity contribution in [3.63, 3.8) is 0 Å². The van der Waals surface area contributed by atoms with Crippen LogP contribution in [0.25, 0.3) is 0 Å². The number of amides is 2. The van der Waals surface area contributed by atoms with E-state index in [4.69, 9.17) is 9.47 Å². The Morgan fingerprint density at radius 3 is 2.18 bits per heavy atom. The Morgan fingerprint density at radius 1 is 0.909 bits per heavy atom. The molecule has 8 heteroatoms. The highest BCUT2D eigenvalue weighted by Gasteiger charge is 2.35. The minimum atomic E-state index is -0.671. The van der Waals surface area contributed by atoms with E-state index in [0.29, 0.717) is 32.3 Å². The van der Waals surface area contributed by atoms with Crippen molar-refractivity contribution in [2.75, 3.05) is 19.8 Å². The fourth-order valence-corrected chi connectivity index (χ4v) is 5.59. The lowest BCUT2D eigenvalue weighted by molar-refractivity contribution is -0.150. The fraction of sp³-hybridized carbons (Fsp3) is 0.472. The van der Waals surface area contributed by atoms with Gasteiger partial charge >= 0.3 is 5.97 Å². The molecule has 0 unspecified atom stereocenters. The molecule has 3 N–H and O–H groups in total. The molecule has 1 aliphatic carbocycles. The van der Waals surface area contributed by atoms with Crippen LogP contribution in [-0.4, -0.2) is 54.3 Å². The Balaban J connectivity index is 1.65. The van der Waals surface area contributed by atoms with E-state index in [1.54, 1.807) is 12.2 Å². The molecule has 0 aliphatic heterocycles. The maximum absolute atomic E-state index is 13.5. The summed E-state index contributed by atoms with van der Waals surface area (Å²) in [4.78, 5) is 39.7. The number of aliphatic hydroxyl groups excluding tert-OH is 1. The van der Waals surface area contributed by atoms with Gasteiger partial charge in [0.25, 0.3) is 0 Å². The number of ether oxygens (including phenoxy) is 2. The van der Waals surface area contributed by atoms with Crippen LogP contribution in [0.1, 0.15) is 62.5 Å². The average Bonchev–Trinajstić information content (AvgIpc) is 3.51. The van der Waals surface area contributed by atoms with E-state index < -0.39 is 17.5 Å². The molecule has 2 amide bonds. The molecule has 1 fully saturated rings. The summed E-state index contributed by atoms with van der Waals surface area (Å²) in [7, 11) is 0. The standard InChI is InChI=1S/C36H48N2O6/c1-3-5-19-31(22-28-15-8-6-9-16-28)35(42)44-26-32(25-43-24-29-17-10-7-11-18-29)37-34(41)30(14-4-2)23-33(40)38-36(27-39)20-12-13-21-36/h3-4,6-11,15-18,30-32,39H,1-2,5,12-14,19-27H2,(H,37,41)(H,38,40)/t30-,31-,32+/m1/s1. The summed E-state index contributed by atoms with van der Waals surface area (Å²) in [5.74, 6) is -2.00. The van der Waals surface area contributed by atoms with Gasteiger partial charge in [0.2, 0.25) is 11.8 Å². The highest BCUT2D eigenvalue weighted by atomic mass is 16.5. The third-order valence-electron chi connectivity index (χ3n) is 8.10. The number of carbonyl (C=O) groups is 3. The van der Waals surface area contributed by atoms with E-state index in [0.717, 1.165) is 36.8 Å². The maximum atomic E-state index is 13.5. The topological polar surface area (TPSA) is 114 Å². The molecular formula is C36H48N2O6. The molecule has 0 radical (unpaired) electrons. The summed E-state index contributed by atoms with van der Waals surface area (Å²) >= 11 is 0. The summed E-state index contributed by atoms with van der Waals surface area (Å²) in [6.45, 7) is 7.81. The Morgan fingerprint density at radius 2 is 1.57 bits per heavy atom. The van der Waals surface area contributed by atoms with Crippen molar-refractivity contribution in [3.05, 3.63) is 97.1 Å². The highest BCUT2D eigenvalue weighted by Crippen LogP contribution is 2.29. The second kappa shape index (κ2) is 18.8. The van der Waals surface area contributed by atoms with Crippen molar-refractivity contribution in [1.29, 1.82) is 0 Å². The van der Waals surface area contributed by atoms with Crippen molar-refractivity contribution in [1.82, 2.24) is 10.6 Å². The first-order valence-electron chi connectivity index (χ1n) is 15.6. The molecule has 3 rings (SSSR count). The number of aliphatic hydroxyl groups is 1. The zero-order valence-corrected chi connectivity index (χ0v) is 25.8. The van der Waals surface area contributed by atoms with Crippen LogP contribution in [0.15, 0.2) is 86.0 Å². The van der Waals surface area contributed by atoms with Crippen molar-refractivity contribution in [3.8, 4) is 0 Å². The maximum Gasteiger partial charge on any atom is 0.309 e. The van der Waals surface area contributed by atoms with Gasteiger partial charge in [0, 0.05) is 6.42 Å². The minimum Gasteiger partial charge on any atom is -0.463 e. The number of rotatable bonds is 20. The first kappa shape index (κ1) is 34.7. The molecule has 1 saturated carbocycles. The quantitative estimate of drug-likeness (QED) is 0.144. The van der Waals surface area contributed by atoms with Crippen LogP contribution in [0.4, 0.5) is 0 Å². The number of carbonyl (C=O) groups excluding carboxylic acids is 3. The van der Waals surface area contributed by atoms with E-state index in [1.165, 1.54) is 0 Å². The molecular weight excluding hydrogens is 556 g/mol. The zero-order valence-electron chi connectivity index (χ0n) is 25.8. The summed E-state index contributed by atoms with van der Waals surface area (Å²) in [5.41, 5.74) is 1.41. The van der Waals surface area contributed by atoms with Gasteiger partial charge in [-0.15, -0.1) is 13.2 Å². The summed E-state index contributed by atoms with van der Waals surface area (Å²) in [5, 5.41) is 15.8. The number of hydrogen-bond donors (Lipinski definition) is 3. The van der Waals surface area contributed by atoms with Gasteiger partial charge in [0.05, 0.1) is 43.2 Å². The molecule has 0 saturated heterocycles. The molecule has 44 heavy (non-hydrogen) atoms. The first-order chi connectivity index (χ1) is 21.4. The van der Waals surface area contributed by atoms with Gasteiger partial charge in [0.1, 0.15) is 6.61 Å². The lowest BCUT2D eigenvalue weighted by Crippen LogP contribution is -2.50. The van der Waals surface area contributed by atoms with Crippen LogP contribution in [0, 0.1) is 11.8 Å². The van der Waals surface area contributed by atoms with Crippen LogP contribution in [-0.2, 0) is 36.9 Å². The van der Waals surface area contributed by atoms with E-state index in [-0.39, 0.29) is 49.9 Å². The summed E-state index contributed by atoms with van der Waals surface area (Å²) < 4.78 is 11.7. The summed E-state index contributed by atoms with van der Waals surface area (Å²) in [6, 6.07) is 18.8. The molecule has 2 aromatic carbocycles. The lowest BCUT2D eigenvalue weighted by Gasteiger charge is -2.29. The van der Waals surface area contributed by atoms with Gasteiger partial charge in [-0.2, -0.15) is 0 Å². The van der Waals surface area contributed by atoms with Crippen LogP contribution in [0.3, 0.4) is 0 Å². The summed E-state index contributed by atoms with van der Waals surface area (Å²) in [6.07, 6.45) is 8.81. The van der Waals surface area contributed by atoms with Gasteiger partial charge in [-0.3, -0.25) is 14.4 Å². The van der Waals surface area contributed by atoms with Crippen molar-refractivity contribution in [2.45, 2.75) is 76.0 Å². The minimum absolute atomic E-state index is 0.0440. The zero-order chi connectivity index (χ0) is 31.6. The lowest BCUT2D eigenvalue weighted by atomic mass is 9.95. The Bertz CT molecular complexity index is 1180. The number of benzene rings is 2. The molecule has 2 aromatic rings. The van der Waals surface area contributed by atoms with E-state index >= 15 is 0 Å². The predicted octanol–water partition coefficient (Wildman–Crippen LogP) is 5.06. The van der Waals surface area contributed by atoms with Crippen LogP contribution >= 0.6 is 0 Å². The molecule has 0 spiro atoms. The second-order valence-corrected chi connectivity index (χ2v) is 11.7. The fourth-order valence-electron chi connectivity index (χ4n) is 5.59. The normalized spacial score (nSPS) is 15.8. The second-order valence-electron chi connectivity index (χ2n) is 11.7. The predicted molar refractivity (Wildman–Crippen MR) is 171 cm³/mol. The van der Waals surface area contributed by atoms with E-state index in [2.05, 4.69) is 23.8 Å². The van der Waals surface area contributed by atoms with Gasteiger partial charge in [-0.25, -0.2) is 0 Å². The van der Waals surface area contributed by atoms with E-state index in [1.807, 2.05) is 60.7 Å². The highest BCUT2D eigenvalue weighted by molar-refractivity contribution is 5.86. The van der Waals surface area contributed by atoms with Crippen molar-refractivity contribution in [2.24, 2.45) is 11.8 Å². The smallest absolute Gasteiger partial charge is 0.309 e. The SMILES string of the molecule is C=CCC[C@H](Cc1ccccc1)C(=O)OC[C@H](COCc1ccccc1)NC(=O)[C@H](CC=C)CC(=O)NC1(CO)CCCC1. The van der Waals surface area contributed by atoms with Gasteiger partial charge in [-0.1, -0.05) is 85.7 Å². The Labute approximate surface area is 261 Å². The molecule has 0 bridgehead atoms. The van der Waals surface area contributed by atoms with Crippen molar-refractivity contribution < 1.29 is 29.0 Å². The van der Waals surface area contributed by atoms with Crippen LogP contribution < -0.4 is 10.6 Å². The molecule has 8 nitrogen and oxygen atoms in total. The number of hydrogen-bond acceptors (Lipinski definition) is 6. The van der Waals surface area contributed by atoms with E-state index in [9.17, 15) is 19.5 Å². The monoisotopic (exact) mass is 604 g/mol. The molecule has 1 aliphatic rings. The molecule has 0 heterocycles. The Hall–Kier alpha value is -3.75. The van der Waals surface area contributed by atoms with Crippen molar-refractivity contribution >= 4 is 17.8 Å². The Kier molecular flexibility index (Phi) is 14.9. The largest absolute Gasteiger partial charge is 0.463 e. The van der Waals surface area contributed by atoms with Gasteiger partial charge in [0.15, 0.2) is 0 Å². The number of nitrogens with one attached hydrogen (secondary N) is 2. The van der Waals surface area contributed by atoms with Gasteiger partial charge < -0.3 is 25.2 Å². The number of allylic oxidation sites excluding steroid dienone is 2. The third kappa shape index (κ3) is 11.7. The van der Waals surface area contributed by atoms with Crippen LogP contribution in [0.2, 0.25) is 0 Å². The molecule has 238 valence electrons. The van der Waals surface area contributed by atoms with Gasteiger partial charge in [-0.05, 0) is 49.7 Å². The average molecular weight is 605 g/mol. The first-order valence-corrected chi connectivity index (χ1v) is 15.6. The van der Waals surface area contributed by atoms with Crippen LogP contribution in [0.5, 0.6) is 0 Å². The third-order valence-corrected chi connectivity index (χ3v) is 8.10. The molecule has 0 aromatic heterocycles.